The summed E-state index contributed by atoms with van der Waals surface area (Å²) in [7, 11) is 0. The van der Waals surface area contributed by atoms with Gasteiger partial charge in [-0.05, 0) is 29.7 Å². The SMILES string of the molecule is N#CC(C1=CSc2ccccc2N1)c1nc2ccccc2s1. The molecule has 3 nitrogen and oxygen atoms in total. The molecule has 106 valence electrons. The number of nitriles is 1. The van der Waals surface area contributed by atoms with Crippen LogP contribution in [0, 0.1) is 11.3 Å². The number of thiazole rings is 1. The molecule has 1 unspecified atom stereocenters. The summed E-state index contributed by atoms with van der Waals surface area (Å²) in [6.45, 7) is 0. The number of para-hydroxylation sites is 2. The van der Waals surface area contributed by atoms with E-state index in [2.05, 4.69) is 22.4 Å². The first-order valence-corrected chi connectivity index (χ1v) is 8.52. The molecule has 1 aliphatic rings. The normalized spacial score (nSPS) is 14.6. The van der Waals surface area contributed by atoms with Crippen LogP contribution in [0.1, 0.15) is 10.9 Å². The molecule has 1 aromatic heterocycles. The van der Waals surface area contributed by atoms with Crippen LogP contribution in [0.5, 0.6) is 0 Å². The zero-order valence-corrected chi connectivity index (χ0v) is 13.1. The van der Waals surface area contributed by atoms with Crippen LogP contribution in [0.15, 0.2) is 64.5 Å². The van der Waals surface area contributed by atoms with Crippen molar-refractivity contribution < 1.29 is 0 Å². The van der Waals surface area contributed by atoms with E-state index in [4.69, 9.17) is 0 Å². The number of allylic oxidation sites excluding steroid dienone is 1. The minimum atomic E-state index is -0.363. The van der Waals surface area contributed by atoms with Gasteiger partial charge in [-0.3, -0.25) is 0 Å². The number of nitrogens with one attached hydrogen (secondary N) is 1. The third-order valence-corrected chi connectivity index (χ3v) is 5.56. The Morgan fingerprint density at radius 1 is 1.09 bits per heavy atom. The Labute approximate surface area is 136 Å². The summed E-state index contributed by atoms with van der Waals surface area (Å²) in [5.74, 6) is -0.363. The van der Waals surface area contributed by atoms with Gasteiger partial charge in [0.1, 0.15) is 10.9 Å². The highest BCUT2D eigenvalue weighted by Gasteiger charge is 2.23. The van der Waals surface area contributed by atoms with Gasteiger partial charge in [0.2, 0.25) is 0 Å². The Kier molecular flexibility index (Phi) is 3.34. The van der Waals surface area contributed by atoms with Crippen LogP contribution in [0.2, 0.25) is 0 Å². The van der Waals surface area contributed by atoms with Gasteiger partial charge in [-0.2, -0.15) is 5.26 Å². The van der Waals surface area contributed by atoms with Gasteiger partial charge < -0.3 is 5.32 Å². The van der Waals surface area contributed by atoms with Crippen molar-refractivity contribution in [1.29, 1.82) is 5.26 Å². The number of hydrogen-bond donors (Lipinski definition) is 1. The van der Waals surface area contributed by atoms with Crippen molar-refractivity contribution in [1.82, 2.24) is 4.98 Å². The third kappa shape index (κ3) is 2.27. The summed E-state index contributed by atoms with van der Waals surface area (Å²) < 4.78 is 1.11. The fourth-order valence-electron chi connectivity index (χ4n) is 2.40. The Bertz CT molecular complexity index is 888. The molecule has 0 fully saturated rings. The van der Waals surface area contributed by atoms with Crippen molar-refractivity contribution in [2.24, 2.45) is 0 Å². The van der Waals surface area contributed by atoms with Crippen molar-refractivity contribution in [2.45, 2.75) is 10.8 Å². The molecule has 2 heterocycles. The smallest absolute Gasteiger partial charge is 0.138 e. The van der Waals surface area contributed by atoms with Gasteiger partial charge in [-0.25, -0.2) is 4.98 Å². The van der Waals surface area contributed by atoms with Crippen LogP contribution in [0.3, 0.4) is 0 Å². The molecule has 1 atom stereocenters. The van der Waals surface area contributed by atoms with E-state index in [1.807, 2.05) is 47.9 Å². The summed E-state index contributed by atoms with van der Waals surface area (Å²) in [6, 6.07) is 18.5. The van der Waals surface area contributed by atoms with Crippen LogP contribution in [0.25, 0.3) is 10.2 Å². The minimum absolute atomic E-state index is 0.363. The molecule has 5 heteroatoms. The number of benzene rings is 2. The zero-order chi connectivity index (χ0) is 14.9. The standard InChI is InChI=1S/C17H11N3S2/c18-9-11(17-20-13-6-2-4-8-16(13)22-17)14-10-21-15-7-3-1-5-12(15)19-14/h1-8,10-11,19H. The number of fused-ring (bicyclic) bond motifs is 2. The van der Waals surface area contributed by atoms with Crippen LogP contribution < -0.4 is 5.32 Å². The molecule has 0 amide bonds. The van der Waals surface area contributed by atoms with E-state index in [0.29, 0.717) is 0 Å². The lowest BCUT2D eigenvalue weighted by molar-refractivity contribution is 0.990. The van der Waals surface area contributed by atoms with Crippen molar-refractivity contribution >= 4 is 39.0 Å². The molecule has 1 aliphatic heterocycles. The molecule has 4 rings (SSSR count). The van der Waals surface area contributed by atoms with E-state index >= 15 is 0 Å². The Balaban J connectivity index is 1.71. The predicted molar refractivity (Wildman–Crippen MR) is 92.0 cm³/mol. The highest BCUT2D eigenvalue weighted by molar-refractivity contribution is 8.02. The lowest BCUT2D eigenvalue weighted by Crippen LogP contribution is -2.11. The molecular formula is C17H11N3S2. The largest absolute Gasteiger partial charge is 0.356 e. The van der Waals surface area contributed by atoms with Gasteiger partial charge in [0.05, 0.1) is 22.0 Å². The van der Waals surface area contributed by atoms with Crippen LogP contribution >= 0.6 is 23.1 Å². The Hall–Kier alpha value is -2.29. The summed E-state index contributed by atoms with van der Waals surface area (Å²) in [5, 5.41) is 15.9. The molecule has 0 bridgehead atoms. The maximum atomic E-state index is 9.63. The van der Waals surface area contributed by atoms with E-state index in [9.17, 15) is 5.26 Å². The summed E-state index contributed by atoms with van der Waals surface area (Å²) in [5.41, 5.74) is 2.89. The van der Waals surface area contributed by atoms with E-state index in [-0.39, 0.29) is 5.92 Å². The Morgan fingerprint density at radius 2 is 1.91 bits per heavy atom. The maximum absolute atomic E-state index is 9.63. The molecule has 0 aliphatic carbocycles. The molecule has 0 saturated carbocycles. The quantitative estimate of drug-likeness (QED) is 0.724. The van der Waals surface area contributed by atoms with Crippen molar-refractivity contribution in [3.8, 4) is 6.07 Å². The number of nitrogens with zero attached hydrogens (tertiary/aromatic N) is 2. The molecule has 1 N–H and O–H groups in total. The molecular weight excluding hydrogens is 310 g/mol. The Morgan fingerprint density at radius 3 is 2.77 bits per heavy atom. The first-order valence-electron chi connectivity index (χ1n) is 6.83. The molecule has 0 saturated heterocycles. The van der Waals surface area contributed by atoms with Gasteiger partial charge in [-0.1, -0.05) is 36.0 Å². The summed E-state index contributed by atoms with van der Waals surface area (Å²) >= 11 is 3.22. The molecule has 22 heavy (non-hydrogen) atoms. The summed E-state index contributed by atoms with van der Waals surface area (Å²) in [6.07, 6.45) is 0. The molecule has 0 spiro atoms. The van der Waals surface area contributed by atoms with Crippen LogP contribution in [-0.2, 0) is 0 Å². The molecule has 2 aromatic carbocycles. The third-order valence-electron chi connectivity index (χ3n) is 3.48. The van der Waals surface area contributed by atoms with Gasteiger partial charge in [0.25, 0.3) is 0 Å². The number of hydrogen-bond acceptors (Lipinski definition) is 5. The first-order chi connectivity index (χ1) is 10.8. The first kappa shape index (κ1) is 13.4. The fraction of sp³-hybridized carbons (Fsp3) is 0.0588. The molecule has 0 radical (unpaired) electrons. The lowest BCUT2D eigenvalue weighted by atomic mass is 10.1. The second-order valence-electron chi connectivity index (χ2n) is 4.89. The number of anilines is 1. The average molecular weight is 321 g/mol. The van der Waals surface area contributed by atoms with E-state index in [1.54, 1.807) is 23.1 Å². The number of rotatable bonds is 2. The van der Waals surface area contributed by atoms with Gasteiger partial charge in [-0.15, -0.1) is 11.3 Å². The van der Waals surface area contributed by atoms with E-state index in [0.717, 1.165) is 26.6 Å². The van der Waals surface area contributed by atoms with E-state index < -0.39 is 0 Å². The monoisotopic (exact) mass is 321 g/mol. The highest BCUT2D eigenvalue weighted by Crippen LogP contribution is 2.39. The average Bonchev–Trinajstić information content (AvgIpc) is 2.99. The van der Waals surface area contributed by atoms with Crippen molar-refractivity contribution in [2.75, 3.05) is 5.32 Å². The number of aromatic nitrogens is 1. The second kappa shape index (κ2) is 5.48. The van der Waals surface area contributed by atoms with Crippen LogP contribution in [0.4, 0.5) is 5.69 Å². The van der Waals surface area contributed by atoms with E-state index in [1.165, 1.54) is 4.90 Å². The van der Waals surface area contributed by atoms with Gasteiger partial charge in [0, 0.05) is 10.6 Å². The van der Waals surface area contributed by atoms with Crippen molar-refractivity contribution in [3.63, 3.8) is 0 Å². The van der Waals surface area contributed by atoms with Gasteiger partial charge >= 0.3 is 0 Å². The summed E-state index contributed by atoms with van der Waals surface area (Å²) in [4.78, 5) is 5.79. The topological polar surface area (TPSA) is 48.7 Å². The second-order valence-corrected chi connectivity index (χ2v) is 6.87. The highest BCUT2D eigenvalue weighted by atomic mass is 32.2. The fourth-order valence-corrected chi connectivity index (χ4v) is 4.28. The zero-order valence-electron chi connectivity index (χ0n) is 11.5. The predicted octanol–water partition coefficient (Wildman–Crippen LogP) is 4.96. The van der Waals surface area contributed by atoms with Gasteiger partial charge in [0.15, 0.2) is 0 Å². The molecule has 3 aromatic rings. The lowest BCUT2D eigenvalue weighted by Gasteiger charge is -2.20. The maximum Gasteiger partial charge on any atom is 0.138 e. The van der Waals surface area contributed by atoms with Crippen molar-refractivity contribution in [3.05, 3.63) is 64.6 Å². The minimum Gasteiger partial charge on any atom is -0.356 e. The van der Waals surface area contributed by atoms with Crippen LogP contribution in [-0.4, -0.2) is 4.98 Å². The number of thioether (sulfide) groups is 1.